The molecule has 0 spiro atoms. The maximum atomic E-state index is 13.2. The van der Waals surface area contributed by atoms with Gasteiger partial charge < -0.3 is 5.32 Å². The lowest BCUT2D eigenvalue weighted by Crippen LogP contribution is -2.15. The zero-order chi connectivity index (χ0) is 21.3. The predicted octanol–water partition coefficient (Wildman–Crippen LogP) is 3.90. The molecule has 0 aliphatic rings. The summed E-state index contributed by atoms with van der Waals surface area (Å²) in [6.07, 6.45) is 0.183. The molecule has 1 amide bonds. The van der Waals surface area contributed by atoms with Crippen LogP contribution in [0.1, 0.15) is 22.8 Å². The molecule has 4 rings (SSSR count). The number of nitrogens with one attached hydrogen (secondary N) is 2. The molecule has 2 N–H and O–H groups in total. The molecule has 2 aromatic heterocycles. The van der Waals surface area contributed by atoms with Gasteiger partial charge in [-0.3, -0.25) is 9.89 Å². The highest BCUT2D eigenvalue weighted by Crippen LogP contribution is 2.21. The zero-order valence-corrected chi connectivity index (χ0v) is 16.9. The van der Waals surface area contributed by atoms with E-state index in [-0.39, 0.29) is 18.1 Å². The molecule has 7 nitrogen and oxygen atoms in total. The van der Waals surface area contributed by atoms with E-state index in [1.54, 1.807) is 16.8 Å². The number of hydrogen-bond acceptors (Lipinski definition) is 4. The molecule has 0 saturated heterocycles. The number of anilines is 1. The standard InChI is InChI=1S/C22H21FN6O/c1-13-20(14(2)29(28-13)19-9-7-17(23)8-10-19)12-21(30)25-18-6-4-5-16(11-18)22-24-15(3)26-27-22/h4-11H,12H2,1-3H3,(H,25,30)(H,24,26,27). The number of aryl methyl sites for hydroxylation is 2. The number of nitrogens with zero attached hydrogens (tertiary/aromatic N) is 4. The van der Waals surface area contributed by atoms with E-state index in [4.69, 9.17) is 0 Å². The normalized spacial score (nSPS) is 10.9. The molecule has 0 fully saturated rings. The van der Waals surface area contributed by atoms with Crippen LogP contribution in [-0.4, -0.2) is 30.9 Å². The molecule has 0 radical (unpaired) electrons. The summed E-state index contributed by atoms with van der Waals surface area (Å²) in [5.74, 6) is 0.852. The van der Waals surface area contributed by atoms with Gasteiger partial charge in [-0.25, -0.2) is 14.1 Å². The molecule has 0 unspecified atom stereocenters. The number of carbonyl (C=O) groups excluding carboxylic acids is 1. The van der Waals surface area contributed by atoms with Crippen molar-refractivity contribution in [3.05, 3.63) is 77.1 Å². The third-order valence-corrected chi connectivity index (χ3v) is 4.85. The van der Waals surface area contributed by atoms with Crippen molar-refractivity contribution in [2.45, 2.75) is 27.2 Å². The van der Waals surface area contributed by atoms with Gasteiger partial charge in [0.1, 0.15) is 11.6 Å². The van der Waals surface area contributed by atoms with Crippen molar-refractivity contribution >= 4 is 11.6 Å². The number of aromatic nitrogens is 5. The topological polar surface area (TPSA) is 88.5 Å². The highest BCUT2D eigenvalue weighted by molar-refractivity contribution is 5.93. The molecule has 2 aromatic carbocycles. The van der Waals surface area contributed by atoms with E-state index in [1.807, 2.05) is 45.0 Å². The van der Waals surface area contributed by atoms with Crippen molar-refractivity contribution in [3.63, 3.8) is 0 Å². The number of rotatable bonds is 5. The number of halogens is 1. The van der Waals surface area contributed by atoms with Crippen LogP contribution in [0.5, 0.6) is 0 Å². The number of benzene rings is 2. The molecule has 30 heavy (non-hydrogen) atoms. The maximum absolute atomic E-state index is 13.2. The van der Waals surface area contributed by atoms with Crippen LogP contribution in [0.3, 0.4) is 0 Å². The summed E-state index contributed by atoms with van der Waals surface area (Å²) >= 11 is 0. The van der Waals surface area contributed by atoms with E-state index in [0.29, 0.717) is 11.5 Å². The van der Waals surface area contributed by atoms with Gasteiger partial charge in [0.05, 0.1) is 17.8 Å². The summed E-state index contributed by atoms with van der Waals surface area (Å²) in [6.45, 7) is 5.60. The molecule has 4 aromatic rings. The summed E-state index contributed by atoms with van der Waals surface area (Å²) in [5, 5.41) is 14.4. The van der Waals surface area contributed by atoms with Crippen molar-refractivity contribution in [3.8, 4) is 17.1 Å². The third kappa shape index (κ3) is 3.98. The molecule has 152 valence electrons. The Morgan fingerprint density at radius 3 is 2.60 bits per heavy atom. The Morgan fingerprint density at radius 2 is 1.90 bits per heavy atom. The van der Waals surface area contributed by atoms with Crippen LogP contribution in [0.25, 0.3) is 17.1 Å². The van der Waals surface area contributed by atoms with E-state index in [1.165, 1.54) is 12.1 Å². The van der Waals surface area contributed by atoms with Gasteiger partial charge in [0.25, 0.3) is 0 Å². The zero-order valence-electron chi connectivity index (χ0n) is 16.9. The molecule has 8 heteroatoms. The monoisotopic (exact) mass is 404 g/mol. The fraction of sp³-hybridized carbons (Fsp3) is 0.182. The Balaban J connectivity index is 1.52. The Bertz CT molecular complexity index is 1210. The van der Waals surface area contributed by atoms with Crippen LogP contribution in [0, 0.1) is 26.6 Å². The maximum Gasteiger partial charge on any atom is 0.228 e. The molecule has 0 bridgehead atoms. The molecule has 0 saturated carbocycles. The SMILES string of the molecule is Cc1nc(-c2cccc(NC(=O)Cc3c(C)nn(-c4ccc(F)cc4)c3C)c2)n[nH]1. The number of carbonyl (C=O) groups is 1. The van der Waals surface area contributed by atoms with Crippen molar-refractivity contribution in [2.24, 2.45) is 0 Å². The van der Waals surface area contributed by atoms with Gasteiger partial charge in [0.15, 0.2) is 5.82 Å². The summed E-state index contributed by atoms with van der Waals surface area (Å²) < 4.78 is 14.9. The highest BCUT2D eigenvalue weighted by atomic mass is 19.1. The lowest BCUT2D eigenvalue weighted by molar-refractivity contribution is -0.115. The molecular formula is C22H21FN6O. The Kier molecular flexibility index (Phi) is 5.14. The summed E-state index contributed by atoms with van der Waals surface area (Å²) in [4.78, 5) is 17.0. The largest absolute Gasteiger partial charge is 0.326 e. The minimum absolute atomic E-state index is 0.150. The molecule has 2 heterocycles. The van der Waals surface area contributed by atoms with Gasteiger partial charge in [-0.05, 0) is 57.2 Å². The van der Waals surface area contributed by atoms with E-state index in [0.717, 1.165) is 34.0 Å². The average molecular weight is 404 g/mol. The van der Waals surface area contributed by atoms with Gasteiger partial charge in [-0.15, -0.1) is 0 Å². The fourth-order valence-electron chi connectivity index (χ4n) is 3.34. The molecule has 0 aliphatic heterocycles. The summed E-state index contributed by atoms with van der Waals surface area (Å²) in [5.41, 5.74) is 4.68. The fourth-order valence-corrected chi connectivity index (χ4v) is 3.34. The van der Waals surface area contributed by atoms with Gasteiger partial charge in [0.2, 0.25) is 5.91 Å². The van der Waals surface area contributed by atoms with Crippen LogP contribution >= 0.6 is 0 Å². The minimum atomic E-state index is -0.303. The van der Waals surface area contributed by atoms with Crippen LogP contribution in [0.15, 0.2) is 48.5 Å². The number of amides is 1. The quantitative estimate of drug-likeness (QED) is 0.528. The number of aromatic amines is 1. The minimum Gasteiger partial charge on any atom is -0.326 e. The Labute approximate surface area is 173 Å². The smallest absolute Gasteiger partial charge is 0.228 e. The Morgan fingerprint density at radius 1 is 1.13 bits per heavy atom. The Hall–Kier alpha value is -3.81. The van der Waals surface area contributed by atoms with E-state index in [2.05, 4.69) is 25.6 Å². The van der Waals surface area contributed by atoms with Gasteiger partial charge in [-0.1, -0.05) is 12.1 Å². The number of H-pyrrole nitrogens is 1. The van der Waals surface area contributed by atoms with Crippen molar-refractivity contribution in [2.75, 3.05) is 5.32 Å². The average Bonchev–Trinajstić information content (AvgIpc) is 3.27. The van der Waals surface area contributed by atoms with Crippen molar-refractivity contribution in [1.29, 1.82) is 0 Å². The first-order valence-electron chi connectivity index (χ1n) is 9.51. The third-order valence-electron chi connectivity index (χ3n) is 4.85. The van der Waals surface area contributed by atoms with Crippen LogP contribution < -0.4 is 5.32 Å². The summed E-state index contributed by atoms with van der Waals surface area (Å²) in [7, 11) is 0. The molecule has 0 aliphatic carbocycles. The van der Waals surface area contributed by atoms with Crippen LogP contribution in [0.4, 0.5) is 10.1 Å². The van der Waals surface area contributed by atoms with E-state index >= 15 is 0 Å². The molecule has 0 atom stereocenters. The first-order valence-corrected chi connectivity index (χ1v) is 9.51. The molecular weight excluding hydrogens is 383 g/mol. The second kappa shape index (κ2) is 7.90. The first kappa shape index (κ1) is 19.5. The van der Waals surface area contributed by atoms with Crippen molar-refractivity contribution < 1.29 is 9.18 Å². The van der Waals surface area contributed by atoms with Crippen LogP contribution in [0.2, 0.25) is 0 Å². The number of hydrogen-bond donors (Lipinski definition) is 2. The summed E-state index contributed by atoms with van der Waals surface area (Å²) in [6, 6.07) is 13.5. The van der Waals surface area contributed by atoms with Crippen LogP contribution in [-0.2, 0) is 11.2 Å². The van der Waals surface area contributed by atoms with Gasteiger partial charge >= 0.3 is 0 Å². The predicted molar refractivity (Wildman–Crippen MR) is 112 cm³/mol. The van der Waals surface area contributed by atoms with E-state index < -0.39 is 0 Å². The second-order valence-corrected chi connectivity index (χ2v) is 7.09. The van der Waals surface area contributed by atoms with Crippen molar-refractivity contribution in [1.82, 2.24) is 25.0 Å². The highest BCUT2D eigenvalue weighted by Gasteiger charge is 2.16. The first-order chi connectivity index (χ1) is 14.4. The second-order valence-electron chi connectivity index (χ2n) is 7.09. The van der Waals surface area contributed by atoms with Gasteiger partial charge in [0, 0.05) is 22.5 Å². The lowest BCUT2D eigenvalue weighted by Gasteiger charge is -2.08. The van der Waals surface area contributed by atoms with Gasteiger partial charge in [-0.2, -0.15) is 10.2 Å². The lowest BCUT2D eigenvalue weighted by atomic mass is 10.1. The van der Waals surface area contributed by atoms with E-state index in [9.17, 15) is 9.18 Å².